The molecule has 0 aromatic rings. The van der Waals surface area contributed by atoms with E-state index >= 15 is 0 Å². The maximum absolute atomic E-state index is 4.06. The van der Waals surface area contributed by atoms with Crippen LogP contribution in [0.15, 0.2) is 12.3 Å². The zero-order valence-electron chi connectivity index (χ0n) is 14.6. The molecule has 0 amide bonds. The van der Waals surface area contributed by atoms with Crippen molar-refractivity contribution < 1.29 is 0 Å². The molecule has 0 aromatic carbocycles. The summed E-state index contributed by atoms with van der Waals surface area (Å²) in [5.41, 5.74) is 2.28. The van der Waals surface area contributed by atoms with E-state index in [1.165, 1.54) is 83.2 Å². The van der Waals surface area contributed by atoms with Gasteiger partial charge in [-0.15, -0.1) is 12.3 Å². The maximum Gasteiger partial charge on any atom is 0.0710 e. The summed E-state index contributed by atoms with van der Waals surface area (Å²) in [6.45, 7) is 10.3. The predicted octanol–water partition coefficient (Wildman–Crippen LogP) is 5.78. The Morgan fingerprint density at radius 2 is 1.38 bits per heavy atom. The number of hydrogen-bond acceptors (Lipinski definition) is 1. The van der Waals surface area contributed by atoms with Crippen LogP contribution < -0.4 is 0 Å². The molecule has 0 aliphatic heterocycles. The molecule has 2 saturated carbocycles. The fourth-order valence-corrected chi connectivity index (χ4v) is 5.58. The highest BCUT2D eigenvalue weighted by Crippen LogP contribution is 2.30. The first-order chi connectivity index (χ1) is 10.1. The van der Waals surface area contributed by atoms with E-state index in [-0.39, 0.29) is 0 Å². The molecule has 2 aliphatic carbocycles. The summed E-state index contributed by atoms with van der Waals surface area (Å²) in [5.74, 6) is 0. The third kappa shape index (κ3) is 5.56. The lowest BCUT2D eigenvalue weighted by molar-refractivity contribution is 0.0809. The van der Waals surface area contributed by atoms with Crippen LogP contribution in [0.4, 0.5) is 0 Å². The van der Waals surface area contributed by atoms with Crippen molar-refractivity contribution in [1.29, 1.82) is 0 Å². The van der Waals surface area contributed by atoms with Crippen LogP contribution in [-0.4, -0.2) is 31.6 Å². The van der Waals surface area contributed by atoms with E-state index in [9.17, 15) is 0 Å². The lowest BCUT2D eigenvalue weighted by atomic mass is 9.88. The van der Waals surface area contributed by atoms with Gasteiger partial charge in [0.2, 0.25) is 0 Å². The zero-order valence-corrected chi connectivity index (χ0v) is 15.6. The molecule has 0 unspecified atom stereocenters. The SMILES string of the molecule is C=C[Si](C)(C)CCCN(C1CCCCC1)C1CCCCC1. The number of nitrogens with zero attached hydrogens (tertiary/aromatic N) is 1. The summed E-state index contributed by atoms with van der Waals surface area (Å²) in [4.78, 5) is 2.96. The molecular weight excluding hydrogens is 270 g/mol. The van der Waals surface area contributed by atoms with Gasteiger partial charge < -0.3 is 0 Å². The molecule has 0 heterocycles. The highest BCUT2D eigenvalue weighted by molar-refractivity contribution is 6.82. The molecule has 0 radical (unpaired) electrons. The largest absolute Gasteiger partial charge is 0.297 e. The molecule has 21 heavy (non-hydrogen) atoms. The second-order valence-corrected chi connectivity index (χ2v) is 13.0. The third-order valence-electron chi connectivity index (χ3n) is 5.88. The van der Waals surface area contributed by atoms with Crippen LogP contribution in [-0.2, 0) is 0 Å². The van der Waals surface area contributed by atoms with Gasteiger partial charge in [-0.05, 0) is 38.6 Å². The van der Waals surface area contributed by atoms with Crippen LogP contribution in [0, 0.1) is 0 Å². The molecule has 1 nitrogen and oxygen atoms in total. The molecule has 2 rings (SSSR count). The van der Waals surface area contributed by atoms with Crippen molar-refractivity contribution in [2.75, 3.05) is 6.54 Å². The van der Waals surface area contributed by atoms with E-state index in [1.807, 2.05) is 0 Å². The van der Waals surface area contributed by atoms with E-state index in [2.05, 4.69) is 30.3 Å². The molecular formula is C19H37NSi. The number of hydrogen-bond donors (Lipinski definition) is 0. The fourth-order valence-electron chi connectivity index (χ4n) is 4.31. The van der Waals surface area contributed by atoms with Crippen LogP contribution in [0.2, 0.25) is 19.1 Å². The molecule has 0 aromatic heterocycles. The first-order valence-electron chi connectivity index (χ1n) is 9.52. The predicted molar refractivity (Wildman–Crippen MR) is 97.6 cm³/mol. The van der Waals surface area contributed by atoms with E-state index in [0.717, 1.165) is 12.1 Å². The topological polar surface area (TPSA) is 3.24 Å². The summed E-state index contributed by atoms with van der Waals surface area (Å²) >= 11 is 0. The molecule has 0 spiro atoms. The Bertz CT molecular complexity index is 283. The molecule has 0 saturated heterocycles. The first-order valence-corrected chi connectivity index (χ1v) is 12.8. The average Bonchev–Trinajstić information content (AvgIpc) is 2.53. The number of rotatable bonds is 7. The summed E-state index contributed by atoms with van der Waals surface area (Å²) in [6.07, 6.45) is 16.1. The quantitative estimate of drug-likeness (QED) is 0.539. The van der Waals surface area contributed by atoms with Gasteiger partial charge in [-0.3, -0.25) is 4.90 Å². The minimum Gasteiger partial charge on any atom is -0.297 e. The van der Waals surface area contributed by atoms with Gasteiger partial charge in [0.25, 0.3) is 0 Å². The third-order valence-corrected chi connectivity index (χ3v) is 8.62. The van der Waals surface area contributed by atoms with E-state index in [4.69, 9.17) is 0 Å². The Morgan fingerprint density at radius 3 is 1.81 bits per heavy atom. The van der Waals surface area contributed by atoms with Gasteiger partial charge in [-0.1, -0.05) is 57.7 Å². The molecule has 0 atom stereocenters. The Balaban J connectivity index is 1.89. The second-order valence-electron chi connectivity index (χ2n) is 8.12. The van der Waals surface area contributed by atoms with E-state index in [1.54, 1.807) is 0 Å². The van der Waals surface area contributed by atoms with Crippen LogP contribution in [0.5, 0.6) is 0 Å². The van der Waals surface area contributed by atoms with Crippen LogP contribution in [0.3, 0.4) is 0 Å². The fraction of sp³-hybridized carbons (Fsp3) is 0.895. The second kappa shape index (κ2) is 8.52. The zero-order chi connectivity index (χ0) is 15.1. The standard InChI is InChI=1S/C19H37NSi/c1-4-21(2,3)17-11-16-20(18-12-7-5-8-13-18)19-14-9-6-10-15-19/h4,18-19H,1,5-17H2,2-3H3. The monoisotopic (exact) mass is 307 g/mol. The van der Waals surface area contributed by atoms with Crippen molar-refractivity contribution in [3.8, 4) is 0 Å². The minimum absolute atomic E-state index is 0.912. The molecule has 2 fully saturated rings. The van der Waals surface area contributed by atoms with Crippen LogP contribution in [0.1, 0.15) is 70.6 Å². The van der Waals surface area contributed by atoms with E-state index < -0.39 is 8.07 Å². The highest BCUT2D eigenvalue weighted by Gasteiger charge is 2.28. The average molecular weight is 308 g/mol. The van der Waals surface area contributed by atoms with Gasteiger partial charge in [0.05, 0.1) is 8.07 Å². The summed E-state index contributed by atoms with van der Waals surface area (Å²) in [6, 6.07) is 3.25. The van der Waals surface area contributed by atoms with Crippen LogP contribution in [0.25, 0.3) is 0 Å². The highest BCUT2D eigenvalue weighted by atomic mass is 28.3. The van der Waals surface area contributed by atoms with Gasteiger partial charge in [0, 0.05) is 12.1 Å². The van der Waals surface area contributed by atoms with Crippen molar-refractivity contribution >= 4 is 8.07 Å². The minimum atomic E-state index is -1.11. The van der Waals surface area contributed by atoms with Gasteiger partial charge in [-0.25, -0.2) is 0 Å². The lowest BCUT2D eigenvalue weighted by Crippen LogP contribution is -2.46. The Morgan fingerprint density at radius 1 is 0.905 bits per heavy atom. The Kier molecular flexibility index (Phi) is 7.01. The van der Waals surface area contributed by atoms with Gasteiger partial charge >= 0.3 is 0 Å². The van der Waals surface area contributed by atoms with Gasteiger partial charge in [0.1, 0.15) is 0 Å². The van der Waals surface area contributed by atoms with Crippen LogP contribution >= 0.6 is 0 Å². The smallest absolute Gasteiger partial charge is 0.0710 e. The summed E-state index contributed by atoms with van der Waals surface area (Å²) < 4.78 is 0. The van der Waals surface area contributed by atoms with Crippen molar-refractivity contribution in [3.05, 3.63) is 12.3 Å². The Labute approximate surface area is 134 Å². The Hall–Kier alpha value is -0.0831. The van der Waals surface area contributed by atoms with Crippen molar-refractivity contribution in [3.63, 3.8) is 0 Å². The van der Waals surface area contributed by atoms with Crippen molar-refractivity contribution in [2.45, 2.75) is 102 Å². The first kappa shape index (κ1) is 17.3. The maximum atomic E-state index is 4.06. The van der Waals surface area contributed by atoms with Crippen molar-refractivity contribution in [1.82, 2.24) is 4.90 Å². The van der Waals surface area contributed by atoms with E-state index in [0.29, 0.717) is 0 Å². The molecule has 0 N–H and O–H groups in total. The van der Waals surface area contributed by atoms with Gasteiger partial charge in [0.15, 0.2) is 0 Å². The molecule has 2 heteroatoms. The van der Waals surface area contributed by atoms with Crippen molar-refractivity contribution in [2.24, 2.45) is 0 Å². The molecule has 122 valence electrons. The summed E-state index contributed by atoms with van der Waals surface area (Å²) in [5, 5.41) is 0. The van der Waals surface area contributed by atoms with Gasteiger partial charge in [-0.2, -0.15) is 0 Å². The normalized spacial score (nSPS) is 22.6. The summed E-state index contributed by atoms with van der Waals surface area (Å²) in [7, 11) is -1.11. The molecule has 0 bridgehead atoms. The lowest BCUT2D eigenvalue weighted by Gasteiger charge is -2.42. The molecule has 2 aliphatic rings.